The van der Waals surface area contributed by atoms with Crippen LogP contribution in [0.3, 0.4) is 0 Å². The number of carboxylic acids is 1. The van der Waals surface area contributed by atoms with Crippen LogP contribution in [0.5, 0.6) is 0 Å². The van der Waals surface area contributed by atoms with Gasteiger partial charge in [-0.15, -0.1) is 0 Å². The fourth-order valence-electron chi connectivity index (χ4n) is 2.34. The van der Waals surface area contributed by atoms with Crippen LogP contribution >= 0.6 is 11.8 Å². The van der Waals surface area contributed by atoms with E-state index in [-0.39, 0.29) is 6.01 Å². The number of hydrogen-bond acceptors (Lipinski definition) is 5. The number of aromatic nitrogens is 1. The molecule has 0 fully saturated rings. The molecule has 1 atom stereocenters. The van der Waals surface area contributed by atoms with Gasteiger partial charge < -0.3 is 14.8 Å². The van der Waals surface area contributed by atoms with Gasteiger partial charge in [-0.05, 0) is 53.4 Å². The van der Waals surface area contributed by atoms with E-state index < -0.39 is 12.0 Å². The molecule has 6 heteroatoms. The number of rotatable bonds is 13. The van der Waals surface area contributed by atoms with E-state index in [4.69, 9.17) is 4.42 Å². The Kier molecular flexibility index (Phi) is 11.3. The number of carboxylic acid groups (broad SMARTS) is 1. The number of carbonyl (C=O) groups is 1. The smallest absolute Gasteiger partial charge is 0.327 e. The number of anilines is 1. The Bertz CT molecular complexity index is 644. The molecule has 5 nitrogen and oxygen atoms in total. The lowest BCUT2D eigenvalue weighted by Gasteiger charge is -2.11. The van der Waals surface area contributed by atoms with Crippen LogP contribution < -0.4 is 5.32 Å². The number of nitrogens with zero attached hydrogens (tertiary/aromatic N) is 1. The summed E-state index contributed by atoms with van der Waals surface area (Å²) in [4.78, 5) is 15.2. The average molecular weight is 393 g/mol. The summed E-state index contributed by atoms with van der Waals surface area (Å²) < 4.78 is 5.04. The van der Waals surface area contributed by atoms with Gasteiger partial charge in [0.25, 0.3) is 6.01 Å². The summed E-state index contributed by atoms with van der Waals surface area (Å²) in [5.41, 5.74) is 4.15. The first kappa shape index (κ1) is 23.1. The molecule has 1 aromatic rings. The Morgan fingerprint density at radius 3 is 2.44 bits per heavy atom. The molecule has 0 saturated heterocycles. The number of hydrogen-bond donors (Lipinski definition) is 2. The second-order valence-corrected chi connectivity index (χ2v) is 7.94. The summed E-state index contributed by atoms with van der Waals surface area (Å²) in [6.45, 7) is 8.59. The van der Waals surface area contributed by atoms with Crippen LogP contribution in [0.2, 0.25) is 0 Å². The summed E-state index contributed by atoms with van der Waals surface area (Å²) in [5, 5.41) is 12.1. The number of thioether (sulfide) groups is 1. The van der Waals surface area contributed by atoms with E-state index in [0.29, 0.717) is 5.75 Å². The Balaban J connectivity index is 2.26. The molecule has 150 valence electrons. The van der Waals surface area contributed by atoms with Crippen molar-refractivity contribution < 1.29 is 14.3 Å². The monoisotopic (exact) mass is 392 g/mol. The maximum atomic E-state index is 11.3. The molecule has 0 aliphatic heterocycles. The molecule has 0 aliphatic carbocycles. The third-order valence-electron chi connectivity index (χ3n) is 3.99. The van der Waals surface area contributed by atoms with E-state index in [1.807, 2.05) is 0 Å². The molecule has 0 radical (unpaired) electrons. The van der Waals surface area contributed by atoms with E-state index >= 15 is 0 Å². The quantitative estimate of drug-likeness (QED) is 0.332. The first-order valence-electron chi connectivity index (χ1n) is 9.29. The molecule has 2 N–H and O–H groups in total. The average Bonchev–Trinajstić information content (AvgIpc) is 3.10. The third kappa shape index (κ3) is 11.4. The normalized spacial score (nSPS) is 13.3. The van der Waals surface area contributed by atoms with E-state index in [1.165, 1.54) is 29.2 Å². The maximum Gasteiger partial charge on any atom is 0.327 e. The van der Waals surface area contributed by atoms with Crippen molar-refractivity contribution in [3.05, 3.63) is 47.4 Å². The van der Waals surface area contributed by atoms with Crippen LogP contribution in [-0.4, -0.2) is 33.6 Å². The number of aliphatic carboxylic acids is 1. The second kappa shape index (κ2) is 13.3. The van der Waals surface area contributed by atoms with Crippen molar-refractivity contribution in [1.82, 2.24) is 4.98 Å². The molecule has 27 heavy (non-hydrogen) atoms. The van der Waals surface area contributed by atoms with Crippen molar-refractivity contribution in [2.45, 2.75) is 59.4 Å². The fraction of sp³-hybridized carbons (Fsp3) is 0.524. The highest BCUT2D eigenvalue weighted by Crippen LogP contribution is 2.14. The topological polar surface area (TPSA) is 75.4 Å². The Morgan fingerprint density at radius 1 is 1.19 bits per heavy atom. The van der Waals surface area contributed by atoms with E-state index in [9.17, 15) is 9.90 Å². The molecule has 0 bridgehead atoms. The van der Waals surface area contributed by atoms with Crippen molar-refractivity contribution in [3.63, 3.8) is 0 Å². The lowest BCUT2D eigenvalue weighted by atomic mass is 10.1. The molecule has 0 amide bonds. The molecule has 0 saturated carbocycles. The van der Waals surface area contributed by atoms with Crippen LogP contribution in [-0.2, 0) is 4.79 Å². The van der Waals surface area contributed by atoms with Gasteiger partial charge in [-0.1, -0.05) is 34.9 Å². The minimum Gasteiger partial charge on any atom is -0.480 e. The van der Waals surface area contributed by atoms with Gasteiger partial charge in [0, 0.05) is 11.5 Å². The standard InChI is InChI=1S/C21H32N2O3S/c1-16(2)7-5-8-17(3)9-6-10-18(4)11-14-27-15-19(20(24)25)23-21-22-12-13-26-21/h7,9,11-13,19H,5-6,8,10,14-15H2,1-4H3,(H,22,23)(H,24,25)/b17-9?,18-11+. The van der Waals surface area contributed by atoms with Crippen molar-refractivity contribution in [1.29, 1.82) is 0 Å². The highest BCUT2D eigenvalue weighted by molar-refractivity contribution is 7.99. The molecule has 0 spiro atoms. The number of nitrogens with one attached hydrogen (secondary N) is 1. The van der Waals surface area contributed by atoms with E-state index in [1.54, 1.807) is 11.8 Å². The highest BCUT2D eigenvalue weighted by Gasteiger charge is 2.18. The summed E-state index contributed by atoms with van der Waals surface area (Å²) in [6.07, 6.45) is 14.0. The summed E-state index contributed by atoms with van der Waals surface area (Å²) in [5.74, 6) is 0.340. The van der Waals surface area contributed by atoms with Gasteiger partial charge in [0.15, 0.2) is 0 Å². The highest BCUT2D eigenvalue weighted by atomic mass is 32.2. The minimum atomic E-state index is -0.907. The van der Waals surface area contributed by atoms with Crippen LogP contribution in [0.4, 0.5) is 6.01 Å². The molecule has 1 unspecified atom stereocenters. The first-order valence-corrected chi connectivity index (χ1v) is 10.4. The Hall–Kier alpha value is -1.95. The molecular formula is C21H32N2O3S. The van der Waals surface area contributed by atoms with Crippen molar-refractivity contribution in [3.8, 4) is 0 Å². The third-order valence-corrected chi connectivity index (χ3v) is 4.96. The molecule has 0 aromatic carbocycles. The van der Waals surface area contributed by atoms with Crippen LogP contribution in [0.15, 0.2) is 51.8 Å². The predicted molar refractivity (Wildman–Crippen MR) is 114 cm³/mol. The van der Waals surface area contributed by atoms with Gasteiger partial charge in [-0.3, -0.25) is 0 Å². The molecular weight excluding hydrogens is 360 g/mol. The molecule has 1 aromatic heterocycles. The summed E-state index contributed by atoms with van der Waals surface area (Å²) in [6, 6.07) is -0.477. The van der Waals surface area contributed by atoms with Crippen LogP contribution in [0.1, 0.15) is 53.4 Å². The molecule has 1 rings (SSSR count). The number of allylic oxidation sites excluding steroid dienone is 5. The van der Waals surface area contributed by atoms with Gasteiger partial charge in [0.05, 0.1) is 6.20 Å². The van der Waals surface area contributed by atoms with E-state index in [0.717, 1.165) is 31.4 Å². The lowest BCUT2D eigenvalue weighted by Crippen LogP contribution is -2.31. The maximum absolute atomic E-state index is 11.3. The van der Waals surface area contributed by atoms with E-state index in [2.05, 4.69) is 56.2 Å². The van der Waals surface area contributed by atoms with Crippen molar-refractivity contribution in [2.24, 2.45) is 0 Å². The van der Waals surface area contributed by atoms with Gasteiger partial charge in [-0.25, -0.2) is 9.78 Å². The predicted octanol–water partition coefficient (Wildman–Crippen LogP) is 5.69. The van der Waals surface area contributed by atoms with Gasteiger partial charge in [-0.2, -0.15) is 11.8 Å². The van der Waals surface area contributed by atoms with Crippen molar-refractivity contribution >= 4 is 23.7 Å². The zero-order chi connectivity index (χ0) is 20.1. The second-order valence-electron chi connectivity index (χ2n) is 6.87. The van der Waals surface area contributed by atoms with Gasteiger partial charge >= 0.3 is 5.97 Å². The van der Waals surface area contributed by atoms with Crippen LogP contribution in [0.25, 0.3) is 0 Å². The molecule has 1 heterocycles. The first-order chi connectivity index (χ1) is 12.9. The zero-order valence-corrected chi connectivity index (χ0v) is 17.6. The van der Waals surface area contributed by atoms with Crippen LogP contribution in [0, 0.1) is 0 Å². The number of oxazole rings is 1. The Labute approximate surface area is 167 Å². The lowest BCUT2D eigenvalue weighted by molar-refractivity contribution is -0.137. The minimum absolute atomic E-state index is 0.237. The SMILES string of the molecule is CC(C)=CCCC(C)=CCC/C(C)=C/CSCC(Nc1ncco1)C(=O)O. The summed E-state index contributed by atoms with van der Waals surface area (Å²) >= 11 is 1.58. The zero-order valence-electron chi connectivity index (χ0n) is 16.8. The summed E-state index contributed by atoms with van der Waals surface area (Å²) in [7, 11) is 0. The van der Waals surface area contributed by atoms with Gasteiger partial charge in [0.1, 0.15) is 12.3 Å². The van der Waals surface area contributed by atoms with Gasteiger partial charge in [0.2, 0.25) is 0 Å². The Morgan fingerprint density at radius 2 is 1.85 bits per heavy atom. The molecule has 0 aliphatic rings. The van der Waals surface area contributed by atoms with Crippen molar-refractivity contribution in [2.75, 3.05) is 16.8 Å². The largest absolute Gasteiger partial charge is 0.480 e. The fourth-order valence-corrected chi connectivity index (χ4v) is 3.34.